The van der Waals surface area contributed by atoms with Gasteiger partial charge in [0.15, 0.2) is 0 Å². The number of carbonyl (C=O) groups excluding carboxylic acids is 1. The van der Waals surface area contributed by atoms with E-state index in [1.165, 1.54) is 12.1 Å². The van der Waals surface area contributed by atoms with E-state index in [9.17, 15) is 18.0 Å². The van der Waals surface area contributed by atoms with Crippen LogP contribution >= 0.6 is 0 Å². The molecule has 4 nitrogen and oxygen atoms in total. The van der Waals surface area contributed by atoms with Gasteiger partial charge in [0.1, 0.15) is 0 Å². The fourth-order valence-corrected chi connectivity index (χ4v) is 5.06. The van der Waals surface area contributed by atoms with Crippen molar-refractivity contribution in [2.75, 3.05) is 44.2 Å². The van der Waals surface area contributed by atoms with Crippen LogP contribution in [0.3, 0.4) is 0 Å². The SMILES string of the molecule is CCOC(=O)C(C)(CCCN1CCN(c2ccc(-c3ccc(C(F)(F)F)cc3)cc2)CC1)c1ccccc1. The van der Waals surface area contributed by atoms with Crippen LogP contribution in [0.1, 0.15) is 37.8 Å². The number of anilines is 1. The van der Waals surface area contributed by atoms with Crippen molar-refractivity contribution in [2.24, 2.45) is 0 Å². The molecule has 0 spiro atoms. The fraction of sp³-hybridized carbons (Fsp3) is 0.387. The molecule has 0 saturated carbocycles. The summed E-state index contributed by atoms with van der Waals surface area (Å²) in [7, 11) is 0. The summed E-state index contributed by atoms with van der Waals surface area (Å²) in [6.45, 7) is 8.76. The van der Waals surface area contributed by atoms with Crippen molar-refractivity contribution in [2.45, 2.75) is 38.3 Å². The number of ether oxygens (including phenoxy) is 1. The van der Waals surface area contributed by atoms with E-state index in [2.05, 4.69) is 9.80 Å². The third-order valence-corrected chi connectivity index (χ3v) is 7.44. The van der Waals surface area contributed by atoms with Gasteiger partial charge in [-0.3, -0.25) is 9.69 Å². The summed E-state index contributed by atoms with van der Waals surface area (Å²) in [5, 5.41) is 0. The quantitative estimate of drug-likeness (QED) is 0.289. The van der Waals surface area contributed by atoms with Gasteiger partial charge in [-0.2, -0.15) is 13.2 Å². The van der Waals surface area contributed by atoms with Crippen LogP contribution in [-0.4, -0.2) is 50.2 Å². The zero-order chi connectivity index (χ0) is 27.2. The zero-order valence-electron chi connectivity index (χ0n) is 22.0. The largest absolute Gasteiger partial charge is 0.465 e. The number of carbonyl (C=O) groups is 1. The molecule has 1 saturated heterocycles. The first kappa shape index (κ1) is 27.7. The lowest BCUT2D eigenvalue weighted by Gasteiger charge is -2.37. The standard InChI is InChI=1S/C31H35F3N2O2/c1-3-38-29(37)30(2,26-8-5-4-6-9-26)18-7-19-35-20-22-36(23-21-35)28-16-12-25(13-17-28)24-10-14-27(15-11-24)31(32,33)34/h4-6,8-17H,3,7,18-23H2,1-2H3. The summed E-state index contributed by atoms with van der Waals surface area (Å²) in [5.41, 5.74) is 2.46. The summed E-state index contributed by atoms with van der Waals surface area (Å²) in [6.07, 6.45) is -2.71. The Morgan fingerprint density at radius 2 is 1.39 bits per heavy atom. The van der Waals surface area contributed by atoms with Gasteiger partial charge >= 0.3 is 12.1 Å². The van der Waals surface area contributed by atoms with Crippen LogP contribution in [0, 0.1) is 0 Å². The van der Waals surface area contributed by atoms with Crippen molar-refractivity contribution in [3.63, 3.8) is 0 Å². The maximum absolute atomic E-state index is 12.8. The Labute approximate surface area is 223 Å². The molecule has 0 amide bonds. The smallest absolute Gasteiger partial charge is 0.416 e. The lowest BCUT2D eigenvalue weighted by Crippen LogP contribution is -2.47. The van der Waals surface area contributed by atoms with E-state index in [0.29, 0.717) is 6.61 Å². The van der Waals surface area contributed by atoms with E-state index in [1.807, 2.05) is 68.4 Å². The summed E-state index contributed by atoms with van der Waals surface area (Å²) >= 11 is 0. The average Bonchev–Trinajstić information content (AvgIpc) is 2.94. The van der Waals surface area contributed by atoms with Gasteiger partial charge < -0.3 is 9.64 Å². The molecule has 0 aromatic heterocycles. The third-order valence-electron chi connectivity index (χ3n) is 7.44. The second-order valence-electron chi connectivity index (χ2n) is 9.97. The second-order valence-corrected chi connectivity index (χ2v) is 9.97. The number of nitrogens with zero attached hydrogens (tertiary/aromatic N) is 2. The number of benzene rings is 3. The minimum Gasteiger partial charge on any atom is -0.465 e. The number of piperazine rings is 1. The number of alkyl halides is 3. The maximum Gasteiger partial charge on any atom is 0.416 e. The molecule has 1 heterocycles. The molecule has 1 aliphatic rings. The highest BCUT2D eigenvalue weighted by Gasteiger charge is 2.36. The molecule has 0 N–H and O–H groups in total. The highest BCUT2D eigenvalue weighted by atomic mass is 19.4. The summed E-state index contributed by atoms with van der Waals surface area (Å²) in [4.78, 5) is 17.6. The summed E-state index contributed by atoms with van der Waals surface area (Å²) in [6, 6.07) is 23.1. The maximum atomic E-state index is 12.8. The second kappa shape index (κ2) is 12.0. The molecule has 1 atom stereocenters. The Morgan fingerprint density at radius 3 is 1.95 bits per heavy atom. The van der Waals surface area contributed by atoms with E-state index >= 15 is 0 Å². The van der Waals surface area contributed by atoms with Gasteiger partial charge in [-0.1, -0.05) is 54.6 Å². The van der Waals surface area contributed by atoms with Crippen LogP contribution in [0.5, 0.6) is 0 Å². The molecular formula is C31H35F3N2O2. The van der Waals surface area contributed by atoms with Crippen LogP contribution < -0.4 is 4.90 Å². The molecule has 4 rings (SSSR count). The van der Waals surface area contributed by atoms with E-state index in [-0.39, 0.29) is 5.97 Å². The predicted molar refractivity (Wildman–Crippen MR) is 145 cm³/mol. The highest BCUT2D eigenvalue weighted by Crippen LogP contribution is 2.32. The molecule has 7 heteroatoms. The first-order valence-electron chi connectivity index (χ1n) is 13.2. The lowest BCUT2D eigenvalue weighted by atomic mass is 9.78. The monoisotopic (exact) mass is 524 g/mol. The van der Waals surface area contributed by atoms with Gasteiger partial charge in [0, 0.05) is 31.9 Å². The Bertz CT molecular complexity index is 1170. The van der Waals surface area contributed by atoms with Gasteiger partial charge in [0.25, 0.3) is 0 Å². The van der Waals surface area contributed by atoms with Gasteiger partial charge in [0.2, 0.25) is 0 Å². The first-order chi connectivity index (χ1) is 18.2. The van der Waals surface area contributed by atoms with E-state index in [0.717, 1.165) is 80.1 Å². The van der Waals surface area contributed by atoms with Crippen LogP contribution in [-0.2, 0) is 21.1 Å². The molecule has 0 radical (unpaired) electrons. The molecule has 1 unspecified atom stereocenters. The van der Waals surface area contributed by atoms with E-state index < -0.39 is 17.2 Å². The minimum absolute atomic E-state index is 0.171. The van der Waals surface area contributed by atoms with Gasteiger partial charge in [-0.05, 0) is 74.2 Å². The Balaban J connectivity index is 1.29. The van der Waals surface area contributed by atoms with Crippen LogP contribution in [0.25, 0.3) is 11.1 Å². The lowest BCUT2D eigenvalue weighted by molar-refractivity contribution is -0.150. The Hall–Kier alpha value is -3.32. The minimum atomic E-state index is -4.33. The molecule has 0 aliphatic carbocycles. The van der Waals surface area contributed by atoms with Crippen molar-refractivity contribution in [3.05, 3.63) is 90.0 Å². The predicted octanol–water partition coefficient (Wildman–Crippen LogP) is 6.80. The van der Waals surface area contributed by atoms with Crippen LogP contribution in [0.2, 0.25) is 0 Å². The number of esters is 1. The Morgan fingerprint density at radius 1 is 0.816 bits per heavy atom. The molecule has 3 aromatic rings. The zero-order valence-corrected chi connectivity index (χ0v) is 22.0. The van der Waals surface area contributed by atoms with Gasteiger partial charge in [-0.25, -0.2) is 0 Å². The molecule has 0 bridgehead atoms. The molecule has 202 valence electrons. The molecular weight excluding hydrogens is 489 g/mol. The van der Waals surface area contributed by atoms with Gasteiger partial charge in [0.05, 0.1) is 17.6 Å². The van der Waals surface area contributed by atoms with Crippen molar-refractivity contribution >= 4 is 11.7 Å². The van der Waals surface area contributed by atoms with E-state index in [1.54, 1.807) is 0 Å². The third kappa shape index (κ3) is 6.57. The normalized spacial score (nSPS) is 16.2. The number of hydrogen-bond donors (Lipinski definition) is 0. The number of hydrogen-bond acceptors (Lipinski definition) is 4. The van der Waals surface area contributed by atoms with Crippen molar-refractivity contribution in [1.29, 1.82) is 0 Å². The Kier molecular flexibility index (Phi) is 8.77. The highest BCUT2D eigenvalue weighted by molar-refractivity contribution is 5.82. The topological polar surface area (TPSA) is 32.8 Å². The summed E-state index contributed by atoms with van der Waals surface area (Å²) in [5.74, 6) is -0.171. The van der Waals surface area contributed by atoms with Crippen molar-refractivity contribution in [3.8, 4) is 11.1 Å². The van der Waals surface area contributed by atoms with Crippen LogP contribution in [0.4, 0.5) is 18.9 Å². The number of halogens is 3. The average molecular weight is 525 g/mol. The van der Waals surface area contributed by atoms with Crippen LogP contribution in [0.15, 0.2) is 78.9 Å². The van der Waals surface area contributed by atoms with Crippen molar-refractivity contribution in [1.82, 2.24) is 4.90 Å². The van der Waals surface area contributed by atoms with E-state index in [4.69, 9.17) is 4.74 Å². The summed E-state index contributed by atoms with van der Waals surface area (Å²) < 4.78 is 43.9. The number of rotatable bonds is 9. The molecule has 38 heavy (non-hydrogen) atoms. The van der Waals surface area contributed by atoms with Crippen molar-refractivity contribution < 1.29 is 22.7 Å². The molecule has 3 aromatic carbocycles. The molecule has 1 aliphatic heterocycles. The first-order valence-corrected chi connectivity index (χ1v) is 13.2. The molecule has 1 fully saturated rings. The van der Waals surface area contributed by atoms with Gasteiger partial charge in [-0.15, -0.1) is 0 Å². The fourth-order valence-electron chi connectivity index (χ4n) is 5.06.